The van der Waals surface area contributed by atoms with E-state index in [0.29, 0.717) is 33.6 Å². The zero-order valence-corrected chi connectivity index (χ0v) is 18.3. The topological polar surface area (TPSA) is 89.2 Å². The highest BCUT2D eigenvalue weighted by molar-refractivity contribution is 7.22. The lowest BCUT2D eigenvalue weighted by molar-refractivity contribution is -0.116. The summed E-state index contributed by atoms with van der Waals surface area (Å²) in [6.45, 7) is 8.74. The van der Waals surface area contributed by atoms with Crippen molar-refractivity contribution in [2.24, 2.45) is 0 Å². The van der Waals surface area contributed by atoms with Crippen LogP contribution in [0, 0.1) is 0 Å². The molecule has 1 amide bonds. The Morgan fingerprint density at radius 1 is 1.30 bits per heavy atom. The van der Waals surface area contributed by atoms with Crippen molar-refractivity contribution in [2.45, 2.75) is 26.9 Å². The van der Waals surface area contributed by atoms with Crippen molar-refractivity contribution >= 4 is 50.0 Å². The molecule has 0 spiro atoms. The van der Waals surface area contributed by atoms with E-state index >= 15 is 0 Å². The fourth-order valence-electron chi connectivity index (χ4n) is 3.04. The van der Waals surface area contributed by atoms with Gasteiger partial charge in [0, 0.05) is 30.3 Å². The van der Waals surface area contributed by atoms with Gasteiger partial charge in [-0.1, -0.05) is 35.1 Å². The molecule has 2 heterocycles. The molecule has 0 radical (unpaired) electrons. The first-order valence-corrected chi connectivity index (χ1v) is 10.6. The monoisotopic (exact) mass is 447 g/mol. The highest BCUT2D eigenvalue weighted by atomic mass is 35.5. The number of rotatable bonds is 8. The number of hydrogen-bond acceptors (Lipinski definition) is 6. The zero-order chi connectivity index (χ0) is 21.8. The lowest BCUT2D eigenvalue weighted by atomic mass is 10.3. The molecule has 158 valence electrons. The lowest BCUT2D eigenvalue weighted by Gasteiger charge is -2.16. The van der Waals surface area contributed by atoms with Gasteiger partial charge in [-0.3, -0.25) is 18.7 Å². The van der Waals surface area contributed by atoms with Crippen LogP contribution < -0.4 is 21.5 Å². The maximum absolute atomic E-state index is 13.0. The molecule has 3 rings (SSSR count). The highest BCUT2D eigenvalue weighted by Crippen LogP contribution is 2.25. The molecule has 0 saturated carbocycles. The minimum Gasteiger partial charge on any atom is -0.349 e. The van der Waals surface area contributed by atoms with E-state index in [4.69, 9.17) is 11.6 Å². The molecule has 0 aliphatic rings. The summed E-state index contributed by atoms with van der Waals surface area (Å²) in [5.74, 6) is -0.429. The molecule has 0 unspecified atom stereocenters. The number of benzene rings is 1. The summed E-state index contributed by atoms with van der Waals surface area (Å²) >= 11 is 7.17. The second kappa shape index (κ2) is 9.27. The SMILES string of the molecule is C=CCn1c(=O)c2sc(N(CC)CC)nc2n(CC(=O)Nc2cccc(Cl)c2)c1=O. The van der Waals surface area contributed by atoms with Gasteiger partial charge < -0.3 is 10.2 Å². The van der Waals surface area contributed by atoms with Gasteiger partial charge in [-0.25, -0.2) is 9.78 Å². The Morgan fingerprint density at radius 3 is 2.67 bits per heavy atom. The summed E-state index contributed by atoms with van der Waals surface area (Å²) in [6.07, 6.45) is 1.47. The predicted molar refractivity (Wildman–Crippen MR) is 122 cm³/mol. The summed E-state index contributed by atoms with van der Waals surface area (Å²) in [5, 5.41) is 3.83. The first-order valence-electron chi connectivity index (χ1n) is 9.45. The molecule has 1 N–H and O–H groups in total. The van der Waals surface area contributed by atoms with Crippen LogP contribution >= 0.6 is 22.9 Å². The quantitative estimate of drug-likeness (QED) is 0.536. The van der Waals surface area contributed by atoms with E-state index < -0.39 is 17.2 Å². The Bertz CT molecular complexity index is 1210. The van der Waals surface area contributed by atoms with Crippen LogP contribution in [0.25, 0.3) is 10.3 Å². The third-order valence-corrected chi connectivity index (χ3v) is 5.84. The molecule has 3 aromatic rings. The molecule has 0 aliphatic heterocycles. The number of fused-ring (bicyclic) bond motifs is 1. The van der Waals surface area contributed by atoms with Crippen molar-refractivity contribution in [2.75, 3.05) is 23.3 Å². The summed E-state index contributed by atoms with van der Waals surface area (Å²) in [5.41, 5.74) is -0.320. The van der Waals surface area contributed by atoms with E-state index in [1.165, 1.54) is 22.0 Å². The number of nitrogens with zero attached hydrogens (tertiary/aromatic N) is 4. The van der Waals surface area contributed by atoms with Crippen molar-refractivity contribution in [3.05, 3.63) is 62.8 Å². The summed E-state index contributed by atoms with van der Waals surface area (Å²) in [7, 11) is 0. The van der Waals surface area contributed by atoms with Crippen molar-refractivity contribution in [1.29, 1.82) is 0 Å². The minimum absolute atomic E-state index is 0.0437. The number of halogens is 1. The van der Waals surface area contributed by atoms with E-state index in [9.17, 15) is 14.4 Å². The fourth-order valence-corrected chi connectivity index (χ4v) is 4.38. The van der Waals surface area contributed by atoms with Crippen LogP contribution in [0.15, 0.2) is 46.5 Å². The maximum Gasteiger partial charge on any atom is 0.333 e. The minimum atomic E-state index is -0.606. The molecule has 0 fully saturated rings. The Kier molecular flexibility index (Phi) is 6.73. The fraction of sp³-hybridized carbons (Fsp3) is 0.300. The van der Waals surface area contributed by atoms with Crippen molar-refractivity contribution in [1.82, 2.24) is 14.1 Å². The first kappa shape index (κ1) is 21.8. The normalized spacial score (nSPS) is 10.9. The van der Waals surface area contributed by atoms with Gasteiger partial charge in [-0.2, -0.15) is 0 Å². The molecule has 30 heavy (non-hydrogen) atoms. The van der Waals surface area contributed by atoms with Gasteiger partial charge in [0.25, 0.3) is 5.56 Å². The van der Waals surface area contributed by atoms with Crippen molar-refractivity contribution in [3.8, 4) is 0 Å². The lowest BCUT2D eigenvalue weighted by Crippen LogP contribution is -2.41. The first-order chi connectivity index (χ1) is 14.4. The number of aromatic nitrogens is 3. The van der Waals surface area contributed by atoms with Crippen LogP contribution in [-0.4, -0.2) is 33.1 Å². The van der Waals surface area contributed by atoms with Crippen LogP contribution in [0.1, 0.15) is 13.8 Å². The standard InChI is InChI=1S/C20H22ClN5O3S/c1-4-10-25-18(28)16-17(23-19(30-16)24(5-2)6-3)26(20(25)29)12-15(27)22-14-9-7-8-13(21)11-14/h4,7-9,11H,1,5-6,10,12H2,2-3H3,(H,22,27). The van der Waals surface area contributed by atoms with E-state index in [0.717, 1.165) is 4.57 Å². The summed E-state index contributed by atoms with van der Waals surface area (Å²) in [4.78, 5) is 45.0. The number of allylic oxidation sites excluding steroid dienone is 1. The summed E-state index contributed by atoms with van der Waals surface area (Å²) < 4.78 is 2.62. The van der Waals surface area contributed by atoms with E-state index in [1.807, 2.05) is 18.7 Å². The Labute approximate surface area is 182 Å². The van der Waals surface area contributed by atoms with E-state index in [2.05, 4.69) is 16.9 Å². The number of anilines is 2. The zero-order valence-electron chi connectivity index (χ0n) is 16.7. The molecule has 10 heteroatoms. The van der Waals surface area contributed by atoms with Gasteiger partial charge in [-0.05, 0) is 32.0 Å². The molecule has 2 aromatic heterocycles. The number of amides is 1. The molecular weight excluding hydrogens is 426 g/mol. The van der Waals surface area contributed by atoms with Gasteiger partial charge in [-0.15, -0.1) is 6.58 Å². The molecule has 0 atom stereocenters. The van der Waals surface area contributed by atoms with Crippen LogP contribution in [0.5, 0.6) is 0 Å². The van der Waals surface area contributed by atoms with Crippen LogP contribution in [0.4, 0.5) is 10.8 Å². The third kappa shape index (κ3) is 4.31. The van der Waals surface area contributed by atoms with Crippen LogP contribution in [-0.2, 0) is 17.9 Å². The number of carbonyl (C=O) groups excluding carboxylic acids is 1. The number of carbonyl (C=O) groups is 1. The number of thiazole rings is 1. The largest absolute Gasteiger partial charge is 0.349 e. The smallest absolute Gasteiger partial charge is 0.333 e. The van der Waals surface area contributed by atoms with E-state index in [1.54, 1.807) is 24.3 Å². The summed E-state index contributed by atoms with van der Waals surface area (Å²) in [6, 6.07) is 6.71. The van der Waals surface area contributed by atoms with Crippen molar-refractivity contribution in [3.63, 3.8) is 0 Å². The maximum atomic E-state index is 13.0. The van der Waals surface area contributed by atoms with Crippen molar-refractivity contribution < 1.29 is 4.79 Å². The van der Waals surface area contributed by atoms with Gasteiger partial charge in [0.1, 0.15) is 11.2 Å². The van der Waals surface area contributed by atoms with Gasteiger partial charge in [0.2, 0.25) is 5.91 Å². The van der Waals surface area contributed by atoms with Gasteiger partial charge >= 0.3 is 5.69 Å². The average molecular weight is 448 g/mol. The molecule has 1 aromatic carbocycles. The van der Waals surface area contributed by atoms with Crippen LogP contribution in [0.3, 0.4) is 0 Å². The highest BCUT2D eigenvalue weighted by Gasteiger charge is 2.20. The molecule has 8 nitrogen and oxygen atoms in total. The Morgan fingerprint density at radius 2 is 2.03 bits per heavy atom. The molecule has 0 saturated heterocycles. The molecular formula is C20H22ClN5O3S. The number of nitrogens with one attached hydrogen (secondary N) is 1. The van der Waals surface area contributed by atoms with Gasteiger partial charge in [0.05, 0.1) is 0 Å². The average Bonchev–Trinajstić information content (AvgIpc) is 3.15. The second-order valence-electron chi connectivity index (χ2n) is 6.45. The van der Waals surface area contributed by atoms with Crippen LogP contribution in [0.2, 0.25) is 5.02 Å². The third-order valence-electron chi connectivity index (χ3n) is 4.51. The Hall–Kier alpha value is -2.91. The molecule has 0 aliphatic carbocycles. The Balaban J connectivity index is 2.09. The predicted octanol–water partition coefficient (Wildman–Crippen LogP) is 2.94. The second-order valence-corrected chi connectivity index (χ2v) is 7.87. The number of hydrogen-bond donors (Lipinski definition) is 1. The van der Waals surface area contributed by atoms with Gasteiger partial charge in [0.15, 0.2) is 10.8 Å². The molecule has 0 bridgehead atoms. The van der Waals surface area contributed by atoms with E-state index in [-0.39, 0.29) is 18.7 Å².